The van der Waals surface area contributed by atoms with E-state index in [2.05, 4.69) is 19.1 Å². The molecule has 4 aliphatic carbocycles. The van der Waals surface area contributed by atoms with E-state index in [9.17, 15) is 17.6 Å². The molecule has 4 aliphatic rings. The second kappa shape index (κ2) is 16.6. The van der Waals surface area contributed by atoms with E-state index in [0.29, 0.717) is 36.5 Å². The second-order valence-corrected chi connectivity index (χ2v) is 15.8. The molecule has 0 radical (unpaired) electrons. The fraction of sp³-hybridized carbons (Fsp3) is 0.800. The molecular formula is C40H59F5. The third-order valence-electron chi connectivity index (χ3n) is 12.8. The number of unbranched alkanes of at least 4 members (excludes halogenated alkanes) is 2. The molecule has 4 saturated carbocycles. The zero-order valence-electron chi connectivity index (χ0n) is 27.9. The van der Waals surface area contributed by atoms with Gasteiger partial charge < -0.3 is 0 Å². The van der Waals surface area contributed by atoms with Crippen molar-refractivity contribution in [2.45, 2.75) is 166 Å². The maximum Gasteiger partial charge on any atom is 0.412 e. The van der Waals surface area contributed by atoms with Crippen LogP contribution in [0.5, 0.6) is 0 Å². The van der Waals surface area contributed by atoms with Crippen LogP contribution in [0.25, 0.3) is 0 Å². The third kappa shape index (κ3) is 10.3. The topological polar surface area (TPSA) is 0 Å². The van der Waals surface area contributed by atoms with Gasteiger partial charge in [-0.05, 0) is 149 Å². The van der Waals surface area contributed by atoms with Crippen molar-refractivity contribution in [3.05, 3.63) is 47.0 Å². The Kier molecular flexibility index (Phi) is 12.9. The summed E-state index contributed by atoms with van der Waals surface area (Å²) in [6, 6.07) is 6.26. The summed E-state index contributed by atoms with van der Waals surface area (Å²) in [4.78, 5) is 0. The highest BCUT2D eigenvalue weighted by Gasteiger charge is 2.34. The lowest BCUT2D eigenvalue weighted by Gasteiger charge is -2.38. The van der Waals surface area contributed by atoms with E-state index < -0.39 is 17.9 Å². The first kappa shape index (κ1) is 34.9. The van der Waals surface area contributed by atoms with E-state index in [1.165, 1.54) is 108 Å². The van der Waals surface area contributed by atoms with Crippen molar-refractivity contribution in [3.63, 3.8) is 0 Å². The van der Waals surface area contributed by atoms with Gasteiger partial charge in [0, 0.05) is 5.92 Å². The summed E-state index contributed by atoms with van der Waals surface area (Å²) in [5, 5.41) is 0. The second-order valence-electron chi connectivity index (χ2n) is 15.8. The molecule has 5 heteroatoms. The number of benzene rings is 1. The molecule has 5 rings (SSSR count). The van der Waals surface area contributed by atoms with Crippen LogP contribution in [0, 0.1) is 41.3 Å². The Balaban J connectivity index is 0.974. The Hall–Kier alpha value is -1.39. The van der Waals surface area contributed by atoms with E-state index in [-0.39, 0.29) is 11.9 Å². The number of hydrogen-bond donors (Lipinski definition) is 0. The van der Waals surface area contributed by atoms with E-state index >= 15 is 4.39 Å². The molecule has 0 amide bonds. The van der Waals surface area contributed by atoms with Gasteiger partial charge in [-0.25, -0.2) is 8.78 Å². The maximum absolute atomic E-state index is 15.4. The highest BCUT2D eigenvalue weighted by Crippen LogP contribution is 2.46. The molecular weight excluding hydrogens is 575 g/mol. The van der Waals surface area contributed by atoms with E-state index in [1.54, 1.807) is 0 Å². The van der Waals surface area contributed by atoms with Gasteiger partial charge in [0.2, 0.25) is 0 Å². The number of halogens is 5. The van der Waals surface area contributed by atoms with E-state index in [0.717, 1.165) is 49.0 Å². The predicted molar refractivity (Wildman–Crippen MR) is 175 cm³/mol. The molecule has 0 spiro atoms. The first-order valence-electron chi connectivity index (χ1n) is 18.9. The molecule has 1 aromatic carbocycles. The molecule has 45 heavy (non-hydrogen) atoms. The highest BCUT2D eigenvalue weighted by atomic mass is 19.4. The van der Waals surface area contributed by atoms with Crippen LogP contribution in [0.1, 0.15) is 171 Å². The summed E-state index contributed by atoms with van der Waals surface area (Å²) in [6.45, 7) is 2.27. The van der Waals surface area contributed by atoms with Crippen LogP contribution < -0.4 is 0 Å². The van der Waals surface area contributed by atoms with Crippen molar-refractivity contribution >= 4 is 0 Å². The maximum atomic E-state index is 15.4. The molecule has 0 heterocycles. The number of rotatable bonds is 11. The predicted octanol–water partition coefficient (Wildman–Crippen LogP) is 13.8. The average Bonchev–Trinajstić information content (AvgIpc) is 3.04. The minimum Gasteiger partial charge on any atom is -0.212 e. The summed E-state index contributed by atoms with van der Waals surface area (Å²) in [7, 11) is 0. The van der Waals surface area contributed by atoms with Gasteiger partial charge >= 0.3 is 6.18 Å². The van der Waals surface area contributed by atoms with Crippen molar-refractivity contribution in [2.24, 2.45) is 35.5 Å². The van der Waals surface area contributed by atoms with Crippen molar-refractivity contribution in [1.29, 1.82) is 0 Å². The van der Waals surface area contributed by atoms with Crippen LogP contribution in [0.15, 0.2) is 30.1 Å². The number of alkyl halides is 3. The first-order chi connectivity index (χ1) is 21.7. The first-order valence-corrected chi connectivity index (χ1v) is 18.9. The lowest BCUT2D eigenvalue weighted by molar-refractivity contribution is -0.0821. The van der Waals surface area contributed by atoms with Gasteiger partial charge in [-0.2, -0.15) is 13.2 Å². The Morgan fingerprint density at radius 3 is 1.71 bits per heavy atom. The lowest BCUT2D eigenvalue weighted by atomic mass is 9.68. The Morgan fingerprint density at radius 2 is 1.18 bits per heavy atom. The highest BCUT2D eigenvalue weighted by molar-refractivity contribution is 5.30. The summed E-state index contributed by atoms with van der Waals surface area (Å²) in [5.74, 6) is 3.09. The van der Waals surface area contributed by atoms with E-state index in [1.807, 2.05) is 6.07 Å². The number of allylic oxidation sites excluding steroid dienone is 2. The monoisotopic (exact) mass is 634 g/mol. The molecule has 0 nitrogen and oxygen atoms in total. The van der Waals surface area contributed by atoms with Gasteiger partial charge in [0.05, 0.1) is 6.08 Å². The van der Waals surface area contributed by atoms with Gasteiger partial charge in [0.15, 0.2) is 0 Å². The van der Waals surface area contributed by atoms with Crippen LogP contribution in [-0.2, 0) is 0 Å². The molecule has 0 unspecified atom stereocenters. The van der Waals surface area contributed by atoms with Crippen LogP contribution in [0.2, 0.25) is 0 Å². The Bertz CT molecular complexity index is 1040. The molecule has 0 aromatic heterocycles. The normalized spacial score (nSPS) is 33.7. The van der Waals surface area contributed by atoms with Gasteiger partial charge in [-0.1, -0.05) is 70.4 Å². The molecule has 1 aromatic rings. The van der Waals surface area contributed by atoms with Crippen LogP contribution in [-0.4, -0.2) is 6.18 Å². The third-order valence-corrected chi connectivity index (χ3v) is 12.8. The van der Waals surface area contributed by atoms with Crippen molar-refractivity contribution in [3.8, 4) is 0 Å². The summed E-state index contributed by atoms with van der Waals surface area (Å²) in [6.07, 6.45) is 20.8. The molecule has 4 fully saturated rings. The summed E-state index contributed by atoms with van der Waals surface area (Å²) in [5.41, 5.74) is 2.18. The van der Waals surface area contributed by atoms with Crippen LogP contribution >= 0.6 is 0 Å². The van der Waals surface area contributed by atoms with Crippen molar-refractivity contribution < 1.29 is 22.0 Å². The van der Waals surface area contributed by atoms with Crippen LogP contribution in [0.3, 0.4) is 0 Å². The Labute approximate surface area is 270 Å². The minimum atomic E-state index is -4.56. The largest absolute Gasteiger partial charge is 0.412 e. The standard InChI is InChI=1S/C40H59F5/c1-2-3-4-5-28-8-16-33(17-9-28)36-24-25-37(38(41)26-36)34-18-12-30(13-19-34)7-6-29-10-14-31(15-11-29)32-20-22-35(23-21-32)39(42)27-40(43,44)45/h24-35H,2-23H2,1H3. The van der Waals surface area contributed by atoms with Crippen molar-refractivity contribution in [2.75, 3.05) is 0 Å². The van der Waals surface area contributed by atoms with Crippen LogP contribution in [0.4, 0.5) is 22.0 Å². The number of hydrogen-bond acceptors (Lipinski definition) is 0. The van der Waals surface area contributed by atoms with Crippen molar-refractivity contribution in [1.82, 2.24) is 0 Å². The van der Waals surface area contributed by atoms with Gasteiger partial charge in [-0.3, -0.25) is 0 Å². The lowest BCUT2D eigenvalue weighted by Crippen LogP contribution is -2.26. The molecule has 0 atom stereocenters. The summed E-state index contributed by atoms with van der Waals surface area (Å²) < 4.78 is 67.0. The van der Waals surface area contributed by atoms with E-state index in [4.69, 9.17) is 0 Å². The Morgan fingerprint density at radius 1 is 0.667 bits per heavy atom. The fourth-order valence-electron chi connectivity index (χ4n) is 9.92. The van der Waals surface area contributed by atoms with Gasteiger partial charge in [0.1, 0.15) is 11.6 Å². The summed E-state index contributed by atoms with van der Waals surface area (Å²) >= 11 is 0. The molecule has 0 aliphatic heterocycles. The fourth-order valence-corrected chi connectivity index (χ4v) is 9.92. The molecule has 0 saturated heterocycles. The average molecular weight is 635 g/mol. The molecule has 0 N–H and O–H groups in total. The minimum absolute atomic E-state index is 0.0363. The zero-order chi connectivity index (χ0) is 31.8. The SMILES string of the molecule is CCCCCC1CCC(c2ccc(C3CCC(CCC4CCC(C5CCC(C(F)=CC(F)(F)F)CC5)CC4)CC3)c(F)c2)CC1. The van der Waals surface area contributed by atoms with Gasteiger partial charge in [0.25, 0.3) is 0 Å². The zero-order valence-corrected chi connectivity index (χ0v) is 27.9. The smallest absolute Gasteiger partial charge is 0.212 e. The quantitative estimate of drug-likeness (QED) is 0.168. The van der Waals surface area contributed by atoms with Gasteiger partial charge in [-0.15, -0.1) is 0 Å². The molecule has 254 valence electrons. The molecule has 0 bridgehead atoms.